The number of ether oxygens (including phenoxy) is 1. The Bertz CT molecular complexity index is 971. The van der Waals surface area contributed by atoms with Crippen molar-refractivity contribution >= 4 is 5.91 Å². The van der Waals surface area contributed by atoms with Crippen molar-refractivity contribution in [2.24, 2.45) is 0 Å². The van der Waals surface area contributed by atoms with Crippen LogP contribution in [0.25, 0.3) is 11.4 Å². The second kappa shape index (κ2) is 7.80. The molecule has 1 amide bonds. The van der Waals surface area contributed by atoms with Crippen molar-refractivity contribution in [1.82, 2.24) is 15.0 Å². The molecule has 0 spiro atoms. The summed E-state index contributed by atoms with van der Waals surface area (Å²) in [6.45, 7) is 3.44. The number of hydrogen-bond acceptors (Lipinski definition) is 5. The maximum Gasteiger partial charge on any atom is 0.232 e. The van der Waals surface area contributed by atoms with E-state index in [1.54, 1.807) is 17.0 Å². The molecule has 0 bridgehead atoms. The lowest BCUT2D eigenvalue weighted by atomic mass is 10.1. The van der Waals surface area contributed by atoms with Gasteiger partial charge >= 0.3 is 0 Å². The molecule has 0 saturated carbocycles. The van der Waals surface area contributed by atoms with E-state index < -0.39 is 0 Å². The van der Waals surface area contributed by atoms with Gasteiger partial charge in [0.25, 0.3) is 0 Å². The number of nitrogens with zero attached hydrogens (tertiary/aromatic N) is 3. The summed E-state index contributed by atoms with van der Waals surface area (Å²) in [5, 5.41) is 4.06. The first-order valence-electron chi connectivity index (χ1n) is 9.21. The molecule has 0 aliphatic carbocycles. The summed E-state index contributed by atoms with van der Waals surface area (Å²) >= 11 is 0. The molecule has 1 aliphatic rings. The van der Waals surface area contributed by atoms with Crippen LogP contribution in [0.1, 0.15) is 30.7 Å². The van der Waals surface area contributed by atoms with Crippen LogP contribution in [0.4, 0.5) is 4.39 Å². The number of carbonyl (C=O) groups is 1. The van der Waals surface area contributed by atoms with Crippen LogP contribution in [0.3, 0.4) is 0 Å². The van der Waals surface area contributed by atoms with Gasteiger partial charge in [-0.1, -0.05) is 29.4 Å². The van der Waals surface area contributed by atoms with Crippen LogP contribution in [-0.4, -0.2) is 34.1 Å². The molecule has 1 atom stereocenters. The molecule has 6 nitrogen and oxygen atoms in total. The molecule has 1 fully saturated rings. The van der Waals surface area contributed by atoms with Crippen LogP contribution >= 0.6 is 0 Å². The molecule has 3 aromatic rings. The fourth-order valence-corrected chi connectivity index (χ4v) is 3.31. The Morgan fingerprint density at radius 1 is 1.25 bits per heavy atom. The number of benzene rings is 2. The van der Waals surface area contributed by atoms with E-state index in [9.17, 15) is 9.18 Å². The van der Waals surface area contributed by atoms with Crippen molar-refractivity contribution in [2.45, 2.75) is 25.8 Å². The SMILES string of the molecule is CCOc1cccc(-c2noc(C3CC(=O)N(Cc4ccc(F)cc4)C3)n2)c1. The highest BCUT2D eigenvalue weighted by Crippen LogP contribution is 2.30. The summed E-state index contributed by atoms with van der Waals surface area (Å²) in [4.78, 5) is 18.6. The zero-order chi connectivity index (χ0) is 19.5. The van der Waals surface area contributed by atoms with Gasteiger partial charge < -0.3 is 14.2 Å². The van der Waals surface area contributed by atoms with Crippen molar-refractivity contribution in [3.05, 3.63) is 65.8 Å². The number of likely N-dealkylation sites (tertiary alicyclic amines) is 1. The van der Waals surface area contributed by atoms with Gasteiger partial charge in [0.15, 0.2) is 0 Å². The van der Waals surface area contributed by atoms with E-state index in [1.807, 2.05) is 31.2 Å². The predicted octanol–water partition coefficient (Wildman–Crippen LogP) is 3.79. The smallest absolute Gasteiger partial charge is 0.232 e. The number of amides is 1. The molecule has 0 N–H and O–H groups in total. The van der Waals surface area contributed by atoms with Crippen LogP contribution in [-0.2, 0) is 11.3 Å². The quantitative estimate of drug-likeness (QED) is 0.650. The third-order valence-corrected chi connectivity index (χ3v) is 4.70. The number of hydrogen-bond donors (Lipinski definition) is 0. The van der Waals surface area contributed by atoms with E-state index in [-0.39, 0.29) is 17.6 Å². The number of carbonyl (C=O) groups excluding carboxylic acids is 1. The van der Waals surface area contributed by atoms with Gasteiger partial charge in [0, 0.05) is 25.1 Å². The van der Waals surface area contributed by atoms with E-state index in [0.29, 0.717) is 37.8 Å². The Labute approximate surface area is 161 Å². The average Bonchev–Trinajstić information content (AvgIpc) is 3.32. The van der Waals surface area contributed by atoms with Crippen molar-refractivity contribution in [1.29, 1.82) is 0 Å². The maximum atomic E-state index is 13.1. The van der Waals surface area contributed by atoms with Gasteiger partial charge in [-0.15, -0.1) is 0 Å². The van der Waals surface area contributed by atoms with E-state index in [1.165, 1.54) is 12.1 Å². The van der Waals surface area contributed by atoms with E-state index in [4.69, 9.17) is 9.26 Å². The average molecular weight is 381 g/mol. The van der Waals surface area contributed by atoms with Gasteiger partial charge in [-0.3, -0.25) is 4.79 Å². The summed E-state index contributed by atoms with van der Waals surface area (Å²) in [5.41, 5.74) is 1.68. The topological polar surface area (TPSA) is 68.5 Å². The van der Waals surface area contributed by atoms with Crippen LogP contribution in [0.5, 0.6) is 5.75 Å². The molecule has 2 heterocycles. The van der Waals surface area contributed by atoms with Crippen LogP contribution < -0.4 is 4.74 Å². The van der Waals surface area contributed by atoms with Crippen molar-refractivity contribution in [3.8, 4) is 17.1 Å². The summed E-state index contributed by atoms with van der Waals surface area (Å²) in [6, 6.07) is 13.7. The highest BCUT2D eigenvalue weighted by atomic mass is 19.1. The number of halogens is 1. The van der Waals surface area contributed by atoms with Gasteiger partial charge in [-0.05, 0) is 36.8 Å². The van der Waals surface area contributed by atoms with Crippen molar-refractivity contribution in [3.63, 3.8) is 0 Å². The number of aromatic nitrogens is 2. The Kier molecular flexibility index (Phi) is 5.06. The molecule has 1 saturated heterocycles. The first kappa shape index (κ1) is 18.2. The van der Waals surface area contributed by atoms with Crippen LogP contribution in [0, 0.1) is 5.82 Å². The third-order valence-electron chi connectivity index (χ3n) is 4.70. The molecule has 7 heteroatoms. The minimum absolute atomic E-state index is 0.0208. The highest BCUT2D eigenvalue weighted by Gasteiger charge is 2.34. The Morgan fingerprint density at radius 2 is 2.07 bits per heavy atom. The molecule has 1 aliphatic heterocycles. The molecule has 1 unspecified atom stereocenters. The predicted molar refractivity (Wildman–Crippen MR) is 100 cm³/mol. The van der Waals surface area contributed by atoms with Gasteiger partial charge in [-0.25, -0.2) is 4.39 Å². The van der Waals surface area contributed by atoms with Gasteiger partial charge in [0.05, 0.1) is 12.5 Å². The second-order valence-corrected chi connectivity index (χ2v) is 6.72. The Morgan fingerprint density at radius 3 is 2.86 bits per heavy atom. The summed E-state index contributed by atoms with van der Waals surface area (Å²) in [5.74, 6) is 1.25. The van der Waals surface area contributed by atoms with Gasteiger partial charge in [-0.2, -0.15) is 4.98 Å². The molecular formula is C21H20FN3O3. The molecule has 1 aromatic heterocycles. The van der Waals surface area contributed by atoms with E-state index in [2.05, 4.69) is 10.1 Å². The maximum absolute atomic E-state index is 13.1. The molecule has 0 radical (unpaired) electrons. The number of rotatable bonds is 6. The minimum atomic E-state index is -0.291. The van der Waals surface area contributed by atoms with Gasteiger partial charge in [0.1, 0.15) is 11.6 Å². The lowest BCUT2D eigenvalue weighted by Gasteiger charge is -2.15. The largest absolute Gasteiger partial charge is 0.494 e. The Hall–Kier alpha value is -3.22. The first-order chi connectivity index (χ1) is 13.6. The highest BCUT2D eigenvalue weighted by molar-refractivity contribution is 5.79. The standard InChI is InChI=1S/C21H20FN3O3/c1-2-27-18-5-3-4-15(10-18)20-23-21(28-24-20)16-11-19(26)25(13-16)12-14-6-8-17(22)9-7-14/h3-10,16H,2,11-13H2,1H3. The van der Waals surface area contributed by atoms with Gasteiger partial charge in [0.2, 0.25) is 17.6 Å². The summed E-state index contributed by atoms with van der Waals surface area (Å²) < 4.78 is 24.0. The summed E-state index contributed by atoms with van der Waals surface area (Å²) in [6.07, 6.45) is 0.321. The van der Waals surface area contributed by atoms with Crippen LogP contribution in [0.2, 0.25) is 0 Å². The van der Waals surface area contributed by atoms with E-state index >= 15 is 0 Å². The van der Waals surface area contributed by atoms with Crippen molar-refractivity contribution in [2.75, 3.05) is 13.2 Å². The monoisotopic (exact) mass is 381 g/mol. The normalized spacial score (nSPS) is 16.6. The summed E-state index contributed by atoms with van der Waals surface area (Å²) in [7, 11) is 0. The minimum Gasteiger partial charge on any atom is -0.494 e. The molecule has 4 rings (SSSR count). The molecule has 2 aromatic carbocycles. The lowest BCUT2D eigenvalue weighted by molar-refractivity contribution is -0.128. The fourth-order valence-electron chi connectivity index (χ4n) is 3.31. The Balaban J connectivity index is 1.46. The second-order valence-electron chi connectivity index (χ2n) is 6.72. The molecule has 144 valence electrons. The lowest BCUT2D eigenvalue weighted by Crippen LogP contribution is -2.24. The first-order valence-corrected chi connectivity index (χ1v) is 9.21. The van der Waals surface area contributed by atoms with Crippen LogP contribution in [0.15, 0.2) is 53.1 Å². The fraction of sp³-hybridized carbons (Fsp3) is 0.286. The van der Waals surface area contributed by atoms with E-state index in [0.717, 1.165) is 16.9 Å². The zero-order valence-corrected chi connectivity index (χ0v) is 15.5. The molecule has 28 heavy (non-hydrogen) atoms. The third kappa shape index (κ3) is 3.88. The van der Waals surface area contributed by atoms with Crippen molar-refractivity contribution < 1.29 is 18.4 Å². The molecular weight excluding hydrogens is 361 g/mol. The zero-order valence-electron chi connectivity index (χ0n) is 15.5.